The van der Waals surface area contributed by atoms with Crippen molar-refractivity contribution in [2.45, 2.75) is 26.4 Å². The minimum atomic E-state index is -0.647. The molecule has 26 heavy (non-hydrogen) atoms. The van der Waals surface area contributed by atoms with Crippen molar-refractivity contribution < 1.29 is 13.9 Å². The lowest BCUT2D eigenvalue weighted by molar-refractivity contribution is 0.432. The zero-order valence-corrected chi connectivity index (χ0v) is 14.8. The van der Waals surface area contributed by atoms with Crippen molar-refractivity contribution >= 4 is 16.9 Å². The number of phenolic OH excluding ortho intramolecular Hbond substituents is 1. The highest BCUT2D eigenvalue weighted by molar-refractivity contribution is 5.81. The summed E-state index contributed by atoms with van der Waals surface area (Å²) in [6.45, 7) is 4.95. The molecule has 2 aromatic carbocycles. The molecule has 3 rings (SSSR count). The van der Waals surface area contributed by atoms with Crippen molar-refractivity contribution in [3.8, 4) is 5.75 Å². The first-order chi connectivity index (χ1) is 12.6. The highest BCUT2D eigenvalue weighted by Crippen LogP contribution is 2.23. The number of nitrogens with zero attached hydrogens (tertiary/aromatic N) is 1. The number of halogens is 1. The predicted molar refractivity (Wildman–Crippen MR) is 101 cm³/mol. The van der Waals surface area contributed by atoms with Crippen molar-refractivity contribution in [1.82, 2.24) is 10.6 Å². The number of phenols is 1. The molecule has 136 valence electrons. The summed E-state index contributed by atoms with van der Waals surface area (Å²) in [6, 6.07) is 14.0. The molecule has 1 unspecified atom stereocenters. The van der Waals surface area contributed by atoms with Gasteiger partial charge in [0.15, 0.2) is 17.5 Å². The summed E-state index contributed by atoms with van der Waals surface area (Å²) in [5, 5.41) is 16.8. The number of guanidine groups is 1. The molecular formula is C20H22FN3O2. The number of hydrogen-bond donors (Lipinski definition) is 3. The van der Waals surface area contributed by atoms with Crippen LogP contribution in [-0.4, -0.2) is 17.6 Å². The summed E-state index contributed by atoms with van der Waals surface area (Å²) >= 11 is 0. The second-order valence-electron chi connectivity index (χ2n) is 6.03. The molecule has 0 aliphatic heterocycles. The number of furan rings is 1. The van der Waals surface area contributed by atoms with E-state index in [1.165, 1.54) is 12.1 Å². The highest BCUT2D eigenvalue weighted by atomic mass is 19.1. The zero-order chi connectivity index (χ0) is 18.5. The van der Waals surface area contributed by atoms with E-state index in [2.05, 4.69) is 15.6 Å². The Balaban J connectivity index is 1.73. The molecule has 1 aromatic heterocycles. The van der Waals surface area contributed by atoms with Gasteiger partial charge in [-0.1, -0.05) is 24.3 Å². The molecule has 5 nitrogen and oxygen atoms in total. The first kappa shape index (κ1) is 17.8. The Labute approximate surface area is 151 Å². The van der Waals surface area contributed by atoms with E-state index in [-0.39, 0.29) is 11.8 Å². The summed E-state index contributed by atoms with van der Waals surface area (Å²) in [6.07, 6.45) is 0. The van der Waals surface area contributed by atoms with E-state index in [4.69, 9.17) is 4.42 Å². The van der Waals surface area contributed by atoms with Crippen LogP contribution in [0.1, 0.15) is 31.2 Å². The Morgan fingerprint density at radius 2 is 2.04 bits per heavy atom. The molecule has 1 atom stereocenters. The molecule has 1 heterocycles. The van der Waals surface area contributed by atoms with Crippen LogP contribution in [-0.2, 0) is 6.54 Å². The summed E-state index contributed by atoms with van der Waals surface area (Å²) < 4.78 is 19.3. The molecule has 3 N–H and O–H groups in total. The number of benzene rings is 2. The third-order valence-corrected chi connectivity index (χ3v) is 4.00. The van der Waals surface area contributed by atoms with Crippen LogP contribution in [0.3, 0.4) is 0 Å². The molecule has 0 fully saturated rings. The molecule has 0 aliphatic rings. The monoisotopic (exact) mass is 355 g/mol. The summed E-state index contributed by atoms with van der Waals surface area (Å²) in [4.78, 5) is 4.48. The maximum absolute atomic E-state index is 13.4. The number of aliphatic imine (C=N–C) groups is 1. The van der Waals surface area contributed by atoms with Crippen LogP contribution in [0.4, 0.5) is 4.39 Å². The van der Waals surface area contributed by atoms with Gasteiger partial charge in [0.1, 0.15) is 11.3 Å². The molecule has 0 radical (unpaired) electrons. The van der Waals surface area contributed by atoms with Crippen molar-refractivity contribution in [1.29, 1.82) is 0 Å². The Morgan fingerprint density at radius 3 is 2.77 bits per heavy atom. The van der Waals surface area contributed by atoms with Gasteiger partial charge in [0.2, 0.25) is 0 Å². The highest BCUT2D eigenvalue weighted by Gasteiger charge is 2.13. The Kier molecular flexibility index (Phi) is 5.41. The van der Waals surface area contributed by atoms with Crippen LogP contribution >= 0.6 is 0 Å². The van der Waals surface area contributed by atoms with Gasteiger partial charge < -0.3 is 20.2 Å². The number of hydrogen-bond acceptors (Lipinski definition) is 3. The van der Waals surface area contributed by atoms with Crippen LogP contribution < -0.4 is 10.6 Å². The third-order valence-electron chi connectivity index (χ3n) is 4.00. The van der Waals surface area contributed by atoms with E-state index >= 15 is 0 Å². The van der Waals surface area contributed by atoms with Crippen LogP contribution in [0.25, 0.3) is 11.0 Å². The SMILES string of the molecule is CCNC(=NCc1ccc(O)c(F)c1)NC(C)c1cc2ccccc2o1. The van der Waals surface area contributed by atoms with Gasteiger partial charge >= 0.3 is 0 Å². The minimum absolute atomic E-state index is 0.0863. The lowest BCUT2D eigenvalue weighted by Gasteiger charge is -2.16. The van der Waals surface area contributed by atoms with E-state index in [0.717, 1.165) is 16.7 Å². The smallest absolute Gasteiger partial charge is 0.192 e. The van der Waals surface area contributed by atoms with Crippen molar-refractivity contribution in [2.75, 3.05) is 6.54 Å². The number of para-hydroxylation sites is 1. The maximum Gasteiger partial charge on any atom is 0.192 e. The van der Waals surface area contributed by atoms with Gasteiger partial charge in [-0.25, -0.2) is 9.38 Å². The van der Waals surface area contributed by atoms with E-state index in [0.29, 0.717) is 24.6 Å². The average Bonchev–Trinajstić information content (AvgIpc) is 3.07. The molecule has 0 amide bonds. The number of fused-ring (bicyclic) bond motifs is 1. The van der Waals surface area contributed by atoms with Gasteiger partial charge in [-0.05, 0) is 43.7 Å². The molecule has 0 saturated carbocycles. The van der Waals surface area contributed by atoms with Gasteiger partial charge in [-0.2, -0.15) is 0 Å². The molecule has 3 aromatic rings. The summed E-state index contributed by atoms with van der Waals surface area (Å²) in [5.74, 6) is 0.411. The van der Waals surface area contributed by atoms with Crippen molar-refractivity contribution in [3.05, 3.63) is 65.7 Å². The molecule has 0 bridgehead atoms. The quantitative estimate of drug-likeness (QED) is 0.476. The first-order valence-corrected chi connectivity index (χ1v) is 8.57. The van der Waals surface area contributed by atoms with Gasteiger partial charge in [-0.15, -0.1) is 0 Å². The van der Waals surface area contributed by atoms with Gasteiger partial charge in [-0.3, -0.25) is 0 Å². The summed E-state index contributed by atoms with van der Waals surface area (Å²) in [7, 11) is 0. The Morgan fingerprint density at radius 1 is 1.23 bits per heavy atom. The maximum atomic E-state index is 13.4. The lowest BCUT2D eigenvalue weighted by atomic mass is 10.2. The Bertz CT molecular complexity index is 887. The van der Waals surface area contributed by atoms with E-state index in [1.807, 2.05) is 44.2 Å². The fraction of sp³-hybridized carbons (Fsp3) is 0.250. The topological polar surface area (TPSA) is 69.8 Å². The van der Waals surface area contributed by atoms with Crippen LogP contribution in [0.5, 0.6) is 5.75 Å². The minimum Gasteiger partial charge on any atom is -0.505 e. The average molecular weight is 355 g/mol. The van der Waals surface area contributed by atoms with Crippen molar-refractivity contribution in [2.24, 2.45) is 4.99 Å². The normalized spacial score (nSPS) is 13.0. The fourth-order valence-electron chi connectivity index (χ4n) is 2.63. The largest absolute Gasteiger partial charge is 0.505 e. The number of nitrogens with one attached hydrogen (secondary N) is 2. The second-order valence-corrected chi connectivity index (χ2v) is 6.03. The predicted octanol–water partition coefficient (Wildman–Crippen LogP) is 4.09. The molecule has 0 saturated heterocycles. The first-order valence-electron chi connectivity index (χ1n) is 8.57. The Hall–Kier alpha value is -3.02. The van der Waals surface area contributed by atoms with Crippen LogP contribution in [0.15, 0.2) is 57.9 Å². The van der Waals surface area contributed by atoms with Crippen LogP contribution in [0.2, 0.25) is 0 Å². The number of rotatable bonds is 5. The molecule has 0 aliphatic carbocycles. The van der Waals surface area contributed by atoms with E-state index in [1.54, 1.807) is 6.07 Å². The zero-order valence-electron chi connectivity index (χ0n) is 14.8. The molecular weight excluding hydrogens is 333 g/mol. The van der Waals surface area contributed by atoms with Gasteiger partial charge in [0.05, 0.1) is 12.6 Å². The standard InChI is InChI=1S/C20H22FN3O2/c1-3-22-20(23-12-14-8-9-17(25)16(21)10-14)24-13(2)19-11-15-6-4-5-7-18(15)26-19/h4-11,13,25H,3,12H2,1-2H3,(H2,22,23,24). The second kappa shape index (κ2) is 7.91. The fourth-order valence-corrected chi connectivity index (χ4v) is 2.63. The van der Waals surface area contributed by atoms with Gasteiger partial charge in [0, 0.05) is 11.9 Å². The third kappa shape index (κ3) is 4.14. The van der Waals surface area contributed by atoms with Gasteiger partial charge in [0.25, 0.3) is 0 Å². The van der Waals surface area contributed by atoms with Crippen LogP contribution in [0, 0.1) is 5.82 Å². The summed E-state index contributed by atoms with van der Waals surface area (Å²) in [5.41, 5.74) is 1.52. The lowest BCUT2D eigenvalue weighted by Crippen LogP contribution is -2.38. The molecule has 6 heteroatoms. The van der Waals surface area contributed by atoms with E-state index in [9.17, 15) is 9.50 Å². The number of aromatic hydroxyl groups is 1. The van der Waals surface area contributed by atoms with Crippen molar-refractivity contribution in [3.63, 3.8) is 0 Å². The molecule has 0 spiro atoms. The van der Waals surface area contributed by atoms with E-state index < -0.39 is 5.82 Å².